The minimum atomic E-state index is -3.04. The van der Waals surface area contributed by atoms with Crippen LogP contribution in [0.1, 0.15) is 77.5 Å². The molecule has 0 aliphatic carbocycles. The maximum atomic E-state index is 14.7. The standard InChI is InChI=1S/C31H40Cl2N2O5S/c1-19(2)27(18-41(39,20(3)4)34-21(5)36)35-29(22-11-13-24(32)14-12-22)26(23-9-8-10-25(33)15-23)16-31(6,30(35)38)17-28(37)40-7/h8-15,19-20,26-27,29H,16-18H2,1-7H3/t26-,27-,29-,31-,41?/m1/s1. The molecule has 1 unspecified atom stereocenters. The van der Waals surface area contributed by atoms with Crippen LogP contribution < -0.4 is 0 Å². The van der Waals surface area contributed by atoms with Crippen LogP contribution in [0.25, 0.3) is 0 Å². The Morgan fingerprint density at radius 1 is 1.07 bits per heavy atom. The quantitative estimate of drug-likeness (QED) is 0.279. The zero-order chi connectivity index (χ0) is 30.7. The number of rotatable bonds is 9. The monoisotopic (exact) mass is 622 g/mol. The van der Waals surface area contributed by atoms with E-state index in [2.05, 4.69) is 4.36 Å². The van der Waals surface area contributed by atoms with E-state index in [4.69, 9.17) is 27.9 Å². The van der Waals surface area contributed by atoms with Crippen LogP contribution in [0.2, 0.25) is 10.0 Å². The SMILES string of the molecule is COC(=O)C[C@@]1(C)C[C@H](c2cccc(Cl)c2)[C@@H](c2ccc(Cl)cc2)N([C@H](CS(=O)(=NC(C)=O)C(C)C)C(C)C)C1=O. The number of methoxy groups -OCH3 is 1. The first-order valence-corrected chi connectivity index (χ1v) is 16.3. The molecule has 1 heterocycles. The molecule has 2 aromatic rings. The van der Waals surface area contributed by atoms with Crippen LogP contribution in [0.5, 0.6) is 0 Å². The lowest BCUT2D eigenvalue weighted by molar-refractivity contribution is -0.162. The molecule has 5 atom stereocenters. The van der Waals surface area contributed by atoms with Crippen LogP contribution in [0.3, 0.4) is 0 Å². The Morgan fingerprint density at radius 2 is 1.71 bits per heavy atom. The van der Waals surface area contributed by atoms with Crippen molar-refractivity contribution in [3.8, 4) is 0 Å². The zero-order valence-corrected chi connectivity index (χ0v) is 27.1. The van der Waals surface area contributed by atoms with E-state index in [1.807, 2.05) is 44.2 Å². The fraction of sp³-hybridized carbons (Fsp3) is 0.516. The molecular weight excluding hydrogens is 583 g/mol. The van der Waals surface area contributed by atoms with E-state index in [0.29, 0.717) is 16.5 Å². The first kappa shape index (κ1) is 33.1. The van der Waals surface area contributed by atoms with Gasteiger partial charge in [-0.1, -0.05) is 82.1 Å². The molecule has 1 aliphatic rings. The summed E-state index contributed by atoms with van der Waals surface area (Å²) in [5, 5.41) is 0.687. The molecule has 10 heteroatoms. The predicted molar refractivity (Wildman–Crippen MR) is 164 cm³/mol. The topological polar surface area (TPSA) is 93.1 Å². The van der Waals surface area contributed by atoms with Gasteiger partial charge >= 0.3 is 5.97 Å². The van der Waals surface area contributed by atoms with Crippen LogP contribution >= 0.6 is 23.2 Å². The van der Waals surface area contributed by atoms with E-state index in [1.165, 1.54) is 14.0 Å². The van der Waals surface area contributed by atoms with E-state index in [9.17, 15) is 18.6 Å². The van der Waals surface area contributed by atoms with Crippen LogP contribution in [0.4, 0.5) is 0 Å². The number of esters is 1. The van der Waals surface area contributed by atoms with E-state index >= 15 is 0 Å². The number of nitrogens with zero attached hydrogens (tertiary/aromatic N) is 2. The van der Waals surface area contributed by atoms with Crippen molar-refractivity contribution in [1.29, 1.82) is 0 Å². The molecule has 41 heavy (non-hydrogen) atoms. The van der Waals surface area contributed by atoms with Gasteiger partial charge in [0.25, 0.3) is 5.91 Å². The summed E-state index contributed by atoms with van der Waals surface area (Å²) in [7, 11) is -1.74. The molecule has 3 rings (SSSR count). The maximum Gasteiger partial charge on any atom is 0.306 e. The van der Waals surface area contributed by atoms with Crippen molar-refractivity contribution >= 4 is 50.7 Å². The van der Waals surface area contributed by atoms with Crippen LogP contribution in [0, 0.1) is 11.3 Å². The summed E-state index contributed by atoms with van der Waals surface area (Å²) in [6, 6.07) is 13.8. The van der Waals surface area contributed by atoms with Crippen molar-refractivity contribution in [1.82, 2.24) is 4.90 Å². The molecule has 1 aliphatic heterocycles. The fourth-order valence-electron chi connectivity index (χ4n) is 5.69. The minimum Gasteiger partial charge on any atom is -0.469 e. The lowest BCUT2D eigenvalue weighted by Crippen LogP contribution is -2.59. The number of hydrogen-bond donors (Lipinski definition) is 0. The highest BCUT2D eigenvalue weighted by atomic mass is 35.5. The van der Waals surface area contributed by atoms with Crippen molar-refractivity contribution in [2.24, 2.45) is 15.7 Å². The van der Waals surface area contributed by atoms with Gasteiger partial charge in [-0.25, -0.2) is 4.21 Å². The van der Waals surface area contributed by atoms with Crippen LogP contribution in [-0.4, -0.2) is 51.0 Å². The van der Waals surface area contributed by atoms with Crippen molar-refractivity contribution in [3.05, 3.63) is 69.7 Å². The summed E-state index contributed by atoms with van der Waals surface area (Å²) in [4.78, 5) is 41.2. The highest BCUT2D eigenvalue weighted by Crippen LogP contribution is 2.52. The van der Waals surface area contributed by atoms with Gasteiger partial charge in [0, 0.05) is 34.2 Å². The van der Waals surface area contributed by atoms with Gasteiger partial charge in [0.1, 0.15) is 0 Å². The molecule has 0 N–H and O–H groups in total. The average Bonchev–Trinajstić information content (AvgIpc) is 2.88. The fourth-order valence-corrected chi connectivity index (χ4v) is 8.16. The molecule has 0 aromatic heterocycles. The molecule has 2 amide bonds. The van der Waals surface area contributed by atoms with Crippen molar-refractivity contribution in [2.45, 2.75) is 77.6 Å². The summed E-state index contributed by atoms with van der Waals surface area (Å²) >= 11 is 12.7. The van der Waals surface area contributed by atoms with Crippen molar-refractivity contribution in [2.75, 3.05) is 12.9 Å². The van der Waals surface area contributed by atoms with Crippen molar-refractivity contribution in [3.63, 3.8) is 0 Å². The molecule has 0 spiro atoms. The van der Waals surface area contributed by atoms with Gasteiger partial charge in [-0.05, 0) is 47.7 Å². The number of carbonyl (C=O) groups excluding carboxylic acids is 3. The molecule has 0 saturated carbocycles. The minimum absolute atomic E-state index is 0.00825. The second-order valence-corrected chi connectivity index (χ2v) is 15.4. The van der Waals surface area contributed by atoms with Crippen LogP contribution in [0.15, 0.2) is 52.9 Å². The van der Waals surface area contributed by atoms with E-state index < -0.39 is 44.4 Å². The summed E-state index contributed by atoms with van der Waals surface area (Å²) in [5.41, 5.74) is 0.636. The number of piperidine rings is 1. The Hall–Kier alpha value is -2.42. The highest BCUT2D eigenvalue weighted by Gasteiger charge is 2.53. The Bertz CT molecular complexity index is 1400. The Kier molecular flexibility index (Phi) is 10.7. The number of ether oxygens (including phenoxy) is 1. The van der Waals surface area contributed by atoms with E-state index in [0.717, 1.165) is 11.1 Å². The molecule has 2 aromatic carbocycles. The third-order valence-electron chi connectivity index (χ3n) is 7.91. The van der Waals surface area contributed by atoms with Crippen LogP contribution in [-0.2, 0) is 28.8 Å². The van der Waals surface area contributed by atoms with Gasteiger partial charge in [-0.2, -0.15) is 4.36 Å². The summed E-state index contributed by atoms with van der Waals surface area (Å²) in [6.07, 6.45) is 0.235. The number of carbonyl (C=O) groups is 3. The average molecular weight is 624 g/mol. The lowest BCUT2D eigenvalue weighted by Gasteiger charge is -2.53. The number of likely N-dealkylation sites (tertiary alicyclic amines) is 1. The summed E-state index contributed by atoms with van der Waals surface area (Å²) in [5.74, 6) is -1.67. The third kappa shape index (κ3) is 7.51. The Balaban J connectivity index is 2.35. The molecule has 224 valence electrons. The first-order valence-electron chi connectivity index (χ1n) is 13.8. The highest BCUT2D eigenvalue weighted by molar-refractivity contribution is 7.94. The number of halogens is 2. The maximum absolute atomic E-state index is 14.7. The Morgan fingerprint density at radius 3 is 2.22 bits per heavy atom. The largest absolute Gasteiger partial charge is 0.469 e. The van der Waals surface area contributed by atoms with Gasteiger partial charge in [-0.15, -0.1) is 0 Å². The molecule has 0 radical (unpaired) electrons. The van der Waals surface area contributed by atoms with E-state index in [1.54, 1.807) is 43.9 Å². The lowest BCUT2D eigenvalue weighted by atomic mass is 9.66. The molecule has 0 bridgehead atoms. The van der Waals surface area contributed by atoms with E-state index in [-0.39, 0.29) is 29.9 Å². The first-order chi connectivity index (χ1) is 19.1. The molecule has 1 fully saturated rings. The second-order valence-electron chi connectivity index (χ2n) is 11.7. The van der Waals surface area contributed by atoms with Gasteiger partial charge in [0.15, 0.2) is 0 Å². The molecular formula is C31H40Cl2N2O5S. The second kappa shape index (κ2) is 13.3. The smallest absolute Gasteiger partial charge is 0.306 e. The van der Waals surface area contributed by atoms with Gasteiger partial charge < -0.3 is 9.64 Å². The zero-order valence-electron chi connectivity index (χ0n) is 24.7. The number of amides is 2. The summed E-state index contributed by atoms with van der Waals surface area (Å²) in [6.45, 7) is 10.6. The Labute approximate surface area is 254 Å². The van der Waals surface area contributed by atoms with Gasteiger partial charge in [-0.3, -0.25) is 14.4 Å². The van der Waals surface area contributed by atoms with Gasteiger partial charge in [0.05, 0.1) is 40.5 Å². The predicted octanol–water partition coefficient (Wildman–Crippen LogP) is 7.07. The number of hydrogen-bond acceptors (Lipinski definition) is 5. The number of benzene rings is 2. The van der Waals surface area contributed by atoms with Crippen molar-refractivity contribution < 1.29 is 23.3 Å². The third-order valence-corrected chi connectivity index (χ3v) is 11.3. The van der Waals surface area contributed by atoms with Gasteiger partial charge in [0.2, 0.25) is 5.91 Å². The normalized spacial score (nSPS) is 23.3. The molecule has 7 nitrogen and oxygen atoms in total. The summed E-state index contributed by atoms with van der Waals surface area (Å²) < 4.78 is 23.3. The molecule has 1 saturated heterocycles.